The monoisotopic (exact) mass is 362 g/mol. The summed E-state index contributed by atoms with van der Waals surface area (Å²) in [6.45, 7) is 6.52. The molecule has 1 aromatic carbocycles. The van der Waals surface area contributed by atoms with Gasteiger partial charge in [-0.05, 0) is 49.1 Å². The van der Waals surface area contributed by atoms with Crippen molar-refractivity contribution in [3.05, 3.63) is 47.8 Å². The van der Waals surface area contributed by atoms with E-state index >= 15 is 4.39 Å². The fourth-order valence-corrected chi connectivity index (χ4v) is 3.93. The maximum absolute atomic E-state index is 15.4. The Morgan fingerprint density at radius 3 is 2.50 bits per heavy atom. The second-order valence-corrected chi connectivity index (χ2v) is 7.30. The first-order valence-electron chi connectivity index (χ1n) is 8.99. The van der Waals surface area contributed by atoms with Gasteiger partial charge < -0.3 is 9.80 Å². The zero-order valence-electron chi connectivity index (χ0n) is 15.0. The lowest BCUT2D eigenvalue weighted by Crippen LogP contribution is -2.44. The van der Waals surface area contributed by atoms with Gasteiger partial charge >= 0.3 is 0 Å². The standard InChI is InChI=1S/C20H24F2N2O2/c1-3-18(25)23-7-4-15(5-8-23)19(26)24-9-6-20(22,13-24)16-10-14(2)11-17(21)12-16/h3,10-12,15H,1,4-9,13H2,2H3. The summed E-state index contributed by atoms with van der Waals surface area (Å²) in [6.07, 6.45) is 2.61. The summed E-state index contributed by atoms with van der Waals surface area (Å²) in [4.78, 5) is 27.6. The number of carbonyl (C=O) groups excluding carboxylic acids is 2. The summed E-state index contributed by atoms with van der Waals surface area (Å²) in [6, 6.07) is 4.24. The van der Waals surface area contributed by atoms with E-state index in [1.807, 2.05) is 0 Å². The van der Waals surface area contributed by atoms with Gasteiger partial charge in [0.05, 0.1) is 6.54 Å². The Labute approximate surface area is 152 Å². The topological polar surface area (TPSA) is 40.6 Å². The number of hydrogen-bond donors (Lipinski definition) is 0. The molecule has 4 nitrogen and oxygen atoms in total. The average Bonchev–Trinajstić information content (AvgIpc) is 3.03. The first-order chi connectivity index (χ1) is 12.3. The second kappa shape index (κ2) is 7.17. The van der Waals surface area contributed by atoms with Crippen LogP contribution >= 0.6 is 0 Å². The molecule has 1 aromatic rings. The van der Waals surface area contributed by atoms with E-state index < -0.39 is 11.5 Å². The summed E-state index contributed by atoms with van der Waals surface area (Å²) >= 11 is 0. The van der Waals surface area contributed by atoms with Crippen LogP contribution in [0, 0.1) is 18.7 Å². The van der Waals surface area contributed by atoms with Gasteiger partial charge in [0.1, 0.15) is 5.82 Å². The molecule has 6 heteroatoms. The highest BCUT2D eigenvalue weighted by Crippen LogP contribution is 2.38. The van der Waals surface area contributed by atoms with Gasteiger partial charge in [-0.3, -0.25) is 9.59 Å². The minimum atomic E-state index is -1.71. The minimum Gasteiger partial charge on any atom is -0.339 e. The highest BCUT2D eigenvalue weighted by atomic mass is 19.1. The van der Waals surface area contributed by atoms with Crippen molar-refractivity contribution >= 4 is 11.8 Å². The third-order valence-corrected chi connectivity index (χ3v) is 5.42. The van der Waals surface area contributed by atoms with Crippen molar-refractivity contribution in [1.29, 1.82) is 0 Å². The molecule has 2 aliphatic rings. The molecule has 2 saturated heterocycles. The van der Waals surface area contributed by atoms with Crippen molar-refractivity contribution in [2.24, 2.45) is 5.92 Å². The predicted molar refractivity (Wildman–Crippen MR) is 94.6 cm³/mol. The molecule has 0 spiro atoms. The number of piperidine rings is 1. The second-order valence-electron chi connectivity index (χ2n) is 7.30. The largest absolute Gasteiger partial charge is 0.339 e. The fourth-order valence-electron chi connectivity index (χ4n) is 3.93. The highest BCUT2D eigenvalue weighted by Gasteiger charge is 2.43. The van der Waals surface area contributed by atoms with E-state index in [1.54, 1.807) is 22.8 Å². The molecule has 0 aliphatic carbocycles. The van der Waals surface area contributed by atoms with E-state index in [2.05, 4.69) is 6.58 Å². The summed E-state index contributed by atoms with van der Waals surface area (Å²) in [7, 11) is 0. The molecule has 0 bridgehead atoms. The molecule has 1 unspecified atom stereocenters. The average molecular weight is 362 g/mol. The number of alkyl halides is 1. The van der Waals surface area contributed by atoms with Gasteiger partial charge in [-0.25, -0.2) is 8.78 Å². The van der Waals surface area contributed by atoms with Crippen LogP contribution in [0.25, 0.3) is 0 Å². The molecule has 0 saturated carbocycles. The third-order valence-electron chi connectivity index (χ3n) is 5.42. The first kappa shape index (κ1) is 18.5. The Morgan fingerprint density at radius 2 is 1.88 bits per heavy atom. The van der Waals surface area contributed by atoms with E-state index in [9.17, 15) is 14.0 Å². The van der Waals surface area contributed by atoms with Crippen molar-refractivity contribution in [1.82, 2.24) is 9.80 Å². The Morgan fingerprint density at radius 1 is 1.19 bits per heavy atom. The SMILES string of the molecule is C=CC(=O)N1CCC(C(=O)N2CCC(F)(c3cc(C)cc(F)c3)C2)CC1. The molecule has 0 N–H and O–H groups in total. The molecule has 0 aromatic heterocycles. The Hall–Kier alpha value is -2.24. The normalized spacial score (nSPS) is 24.0. The highest BCUT2D eigenvalue weighted by molar-refractivity contribution is 5.87. The summed E-state index contributed by atoms with van der Waals surface area (Å²) < 4.78 is 29.0. The molecular weight excluding hydrogens is 338 g/mol. The molecule has 1 atom stereocenters. The van der Waals surface area contributed by atoms with Crippen LogP contribution in [-0.2, 0) is 15.3 Å². The molecule has 0 radical (unpaired) electrons. The van der Waals surface area contributed by atoms with Crippen LogP contribution in [0.4, 0.5) is 8.78 Å². The van der Waals surface area contributed by atoms with Gasteiger partial charge in [-0.2, -0.15) is 0 Å². The number of halogens is 2. The molecule has 140 valence electrons. The van der Waals surface area contributed by atoms with Gasteiger partial charge in [-0.15, -0.1) is 0 Å². The van der Waals surface area contributed by atoms with Crippen LogP contribution in [0.5, 0.6) is 0 Å². The first-order valence-corrected chi connectivity index (χ1v) is 8.99. The van der Waals surface area contributed by atoms with Crippen LogP contribution < -0.4 is 0 Å². The van der Waals surface area contributed by atoms with Gasteiger partial charge in [0.15, 0.2) is 5.67 Å². The number of rotatable bonds is 3. The van der Waals surface area contributed by atoms with Crippen LogP contribution in [-0.4, -0.2) is 47.8 Å². The van der Waals surface area contributed by atoms with Crippen molar-refractivity contribution in [3.63, 3.8) is 0 Å². The molecule has 3 rings (SSSR count). The number of amides is 2. The number of nitrogens with zero attached hydrogens (tertiary/aromatic N) is 2. The molecule has 2 heterocycles. The zero-order chi connectivity index (χ0) is 18.9. The fraction of sp³-hybridized carbons (Fsp3) is 0.500. The Bertz CT molecular complexity index is 708. The number of aryl methyl sites for hydroxylation is 1. The van der Waals surface area contributed by atoms with E-state index in [4.69, 9.17) is 0 Å². The van der Waals surface area contributed by atoms with Crippen LogP contribution in [0.1, 0.15) is 30.4 Å². The van der Waals surface area contributed by atoms with Crippen molar-refractivity contribution in [3.8, 4) is 0 Å². The van der Waals surface area contributed by atoms with E-state index in [0.29, 0.717) is 43.6 Å². The van der Waals surface area contributed by atoms with Gasteiger partial charge in [0.2, 0.25) is 11.8 Å². The van der Waals surface area contributed by atoms with Crippen molar-refractivity contribution < 1.29 is 18.4 Å². The molecule has 26 heavy (non-hydrogen) atoms. The van der Waals surface area contributed by atoms with Gasteiger partial charge in [0, 0.05) is 32.0 Å². The van der Waals surface area contributed by atoms with E-state index in [-0.39, 0.29) is 30.7 Å². The molecule has 2 aliphatic heterocycles. The van der Waals surface area contributed by atoms with E-state index in [1.165, 1.54) is 18.2 Å². The third kappa shape index (κ3) is 3.64. The molecular formula is C20H24F2N2O2. The summed E-state index contributed by atoms with van der Waals surface area (Å²) in [5.41, 5.74) is -0.736. The molecule has 2 fully saturated rings. The molecule has 2 amide bonds. The van der Waals surface area contributed by atoms with Gasteiger partial charge in [0.25, 0.3) is 0 Å². The summed E-state index contributed by atoms with van der Waals surface area (Å²) in [5.74, 6) is -0.841. The lowest BCUT2D eigenvalue weighted by atomic mass is 9.93. The maximum Gasteiger partial charge on any atom is 0.245 e. The minimum absolute atomic E-state index is 0.0411. The van der Waals surface area contributed by atoms with E-state index in [0.717, 1.165) is 0 Å². The zero-order valence-corrected chi connectivity index (χ0v) is 15.0. The van der Waals surface area contributed by atoms with Crippen molar-refractivity contribution in [2.75, 3.05) is 26.2 Å². The Kier molecular flexibility index (Phi) is 5.12. The smallest absolute Gasteiger partial charge is 0.245 e. The number of hydrogen-bond acceptors (Lipinski definition) is 2. The summed E-state index contributed by atoms with van der Waals surface area (Å²) in [5, 5.41) is 0. The number of likely N-dealkylation sites (tertiary alicyclic amines) is 2. The van der Waals surface area contributed by atoms with Crippen LogP contribution in [0.3, 0.4) is 0 Å². The van der Waals surface area contributed by atoms with Crippen LogP contribution in [0.2, 0.25) is 0 Å². The van der Waals surface area contributed by atoms with Gasteiger partial charge in [-0.1, -0.05) is 12.6 Å². The predicted octanol–water partition coefficient (Wildman–Crippen LogP) is 2.96. The Balaban J connectivity index is 1.64. The van der Waals surface area contributed by atoms with Crippen LogP contribution in [0.15, 0.2) is 30.9 Å². The van der Waals surface area contributed by atoms with Crippen molar-refractivity contribution in [2.45, 2.75) is 31.9 Å². The lowest BCUT2D eigenvalue weighted by molar-refractivity contribution is -0.139. The number of carbonyl (C=O) groups is 2. The number of benzene rings is 1. The lowest BCUT2D eigenvalue weighted by Gasteiger charge is -2.33. The quantitative estimate of drug-likeness (QED) is 0.776. The maximum atomic E-state index is 15.4.